The minimum absolute atomic E-state index is 0.0380. The van der Waals surface area contributed by atoms with Crippen LogP contribution in [0.3, 0.4) is 0 Å². The zero-order chi connectivity index (χ0) is 13.5. The van der Waals surface area contributed by atoms with Gasteiger partial charge < -0.3 is 10.4 Å². The van der Waals surface area contributed by atoms with Crippen LogP contribution in [0, 0.1) is 0 Å². The van der Waals surface area contributed by atoms with Gasteiger partial charge in [-0.15, -0.1) is 0 Å². The molecule has 18 heavy (non-hydrogen) atoms. The quantitative estimate of drug-likeness (QED) is 0.738. The molecule has 0 aliphatic rings. The van der Waals surface area contributed by atoms with Crippen LogP contribution in [0.4, 0.5) is 0 Å². The van der Waals surface area contributed by atoms with E-state index >= 15 is 0 Å². The second-order valence-corrected chi connectivity index (χ2v) is 4.57. The van der Waals surface area contributed by atoms with Gasteiger partial charge in [-0.05, 0) is 36.8 Å². The van der Waals surface area contributed by atoms with Gasteiger partial charge in [-0.1, -0.05) is 24.6 Å². The van der Waals surface area contributed by atoms with Crippen LogP contribution >= 0.6 is 23.8 Å². The maximum atomic E-state index is 11.8. The van der Waals surface area contributed by atoms with Crippen LogP contribution in [0.25, 0.3) is 0 Å². The maximum absolute atomic E-state index is 11.8. The third kappa shape index (κ3) is 4.60. The van der Waals surface area contributed by atoms with Gasteiger partial charge in [-0.3, -0.25) is 10.1 Å². The Morgan fingerprint density at radius 2 is 2.28 bits per heavy atom. The minimum atomic E-state index is -0.331. The van der Waals surface area contributed by atoms with Crippen LogP contribution in [-0.4, -0.2) is 28.8 Å². The van der Waals surface area contributed by atoms with Crippen LogP contribution in [0.15, 0.2) is 24.3 Å². The number of benzene rings is 1. The molecule has 1 amide bonds. The Kier molecular flexibility index (Phi) is 6.04. The summed E-state index contributed by atoms with van der Waals surface area (Å²) in [6.45, 7) is 1.87. The highest BCUT2D eigenvalue weighted by Crippen LogP contribution is 2.10. The molecule has 0 saturated carbocycles. The average molecular weight is 287 g/mol. The van der Waals surface area contributed by atoms with Crippen molar-refractivity contribution in [1.82, 2.24) is 10.6 Å². The number of halogens is 1. The van der Waals surface area contributed by atoms with Crippen molar-refractivity contribution in [2.75, 3.05) is 6.61 Å². The predicted octanol–water partition coefficient (Wildman–Crippen LogP) is 1.72. The lowest BCUT2D eigenvalue weighted by molar-refractivity contribution is 0.0976. The molecule has 1 rings (SSSR count). The molecule has 0 bridgehead atoms. The van der Waals surface area contributed by atoms with Crippen molar-refractivity contribution in [1.29, 1.82) is 0 Å². The zero-order valence-corrected chi connectivity index (χ0v) is 11.5. The first kappa shape index (κ1) is 14.9. The first-order valence-corrected chi connectivity index (χ1v) is 6.33. The first-order chi connectivity index (χ1) is 8.56. The SMILES string of the molecule is CCC(CO)NC(=S)NC(=O)c1cccc(Cl)c1. The molecule has 0 radical (unpaired) electrons. The molecule has 6 heteroatoms. The number of carbonyl (C=O) groups is 1. The molecule has 1 unspecified atom stereocenters. The molecule has 1 aromatic rings. The van der Waals surface area contributed by atoms with Gasteiger partial charge in [-0.2, -0.15) is 0 Å². The summed E-state index contributed by atoms with van der Waals surface area (Å²) in [7, 11) is 0. The summed E-state index contributed by atoms with van der Waals surface area (Å²) in [4.78, 5) is 11.8. The summed E-state index contributed by atoms with van der Waals surface area (Å²) in [5, 5.41) is 15.1. The number of carbonyl (C=O) groups excluding carboxylic acids is 1. The smallest absolute Gasteiger partial charge is 0.257 e. The fourth-order valence-corrected chi connectivity index (χ4v) is 1.75. The molecule has 0 fully saturated rings. The highest BCUT2D eigenvalue weighted by molar-refractivity contribution is 7.80. The Morgan fingerprint density at radius 1 is 1.56 bits per heavy atom. The highest BCUT2D eigenvalue weighted by atomic mass is 35.5. The fraction of sp³-hybridized carbons (Fsp3) is 0.333. The lowest BCUT2D eigenvalue weighted by atomic mass is 10.2. The van der Waals surface area contributed by atoms with E-state index in [1.54, 1.807) is 24.3 Å². The molecule has 0 saturated heterocycles. The van der Waals surface area contributed by atoms with E-state index in [1.165, 1.54) is 0 Å². The number of hydrogen-bond donors (Lipinski definition) is 3. The third-order valence-electron chi connectivity index (χ3n) is 2.36. The van der Waals surface area contributed by atoms with Crippen molar-refractivity contribution in [2.24, 2.45) is 0 Å². The fourth-order valence-electron chi connectivity index (χ4n) is 1.30. The van der Waals surface area contributed by atoms with Gasteiger partial charge in [-0.25, -0.2) is 0 Å². The van der Waals surface area contributed by atoms with Gasteiger partial charge >= 0.3 is 0 Å². The van der Waals surface area contributed by atoms with E-state index < -0.39 is 0 Å². The molecule has 0 aromatic heterocycles. The summed E-state index contributed by atoms with van der Waals surface area (Å²) >= 11 is 10.8. The monoisotopic (exact) mass is 286 g/mol. The van der Waals surface area contributed by atoms with E-state index in [9.17, 15) is 4.79 Å². The Hall–Kier alpha value is -1.17. The molecule has 0 aliphatic heterocycles. The normalized spacial score (nSPS) is 11.7. The molecule has 0 aliphatic carbocycles. The van der Waals surface area contributed by atoms with Crippen molar-refractivity contribution < 1.29 is 9.90 Å². The van der Waals surface area contributed by atoms with E-state index in [0.717, 1.165) is 0 Å². The molecule has 1 atom stereocenters. The number of thiocarbonyl (C=S) groups is 1. The van der Waals surface area contributed by atoms with Gasteiger partial charge in [0.15, 0.2) is 5.11 Å². The molecule has 3 N–H and O–H groups in total. The van der Waals surface area contributed by atoms with Crippen molar-refractivity contribution in [3.05, 3.63) is 34.9 Å². The van der Waals surface area contributed by atoms with Gasteiger partial charge in [0.25, 0.3) is 5.91 Å². The van der Waals surface area contributed by atoms with Gasteiger partial charge in [0.1, 0.15) is 0 Å². The molecule has 1 aromatic carbocycles. The zero-order valence-electron chi connectivity index (χ0n) is 9.94. The van der Waals surface area contributed by atoms with Crippen LogP contribution in [0.5, 0.6) is 0 Å². The lowest BCUT2D eigenvalue weighted by Crippen LogP contribution is -2.45. The molecular weight excluding hydrogens is 272 g/mol. The number of aliphatic hydroxyl groups excluding tert-OH is 1. The summed E-state index contributed by atoms with van der Waals surface area (Å²) in [6.07, 6.45) is 0.712. The molecule has 0 heterocycles. The van der Waals surface area contributed by atoms with Crippen molar-refractivity contribution in [3.63, 3.8) is 0 Å². The van der Waals surface area contributed by atoms with Crippen LogP contribution in [0.1, 0.15) is 23.7 Å². The molecule has 4 nitrogen and oxygen atoms in total. The first-order valence-electron chi connectivity index (χ1n) is 5.55. The number of rotatable bonds is 4. The second-order valence-electron chi connectivity index (χ2n) is 3.73. The summed E-state index contributed by atoms with van der Waals surface area (Å²) in [6, 6.07) is 6.43. The second kappa shape index (κ2) is 7.31. The van der Waals surface area contributed by atoms with Crippen molar-refractivity contribution in [3.8, 4) is 0 Å². The average Bonchev–Trinajstić information content (AvgIpc) is 2.35. The number of aliphatic hydroxyl groups is 1. The molecular formula is C12H15ClN2O2S. The summed E-state index contributed by atoms with van der Waals surface area (Å²) in [5.41, 5.74) is 0.434. The van der Waals surface area contributed by atoms with E-state index in [0.29, 0.717) is 17.0 Å². The van der Waals surface area contributed by atoms with Crippen LogP contribution < -0.4 is 10.6 Å². The summed E-state index contributed by atoms with van der Waals surface area (Å²) in [5.74, 6) is -0.331. The van der Waals surface area contributed by atoms with E-state index in [4.69, 9.17) is 28.9 Å². The largest absolute Gasteiger partial charge is 0.394 e. The van der Waals surface area contributed by atoms with Gasteiger partial charge in [0, 0.05) is 10.6 Å². The van der Waals surface area contributed by atoms with Gasteiger partial charge in [0.05, 0.1) is 12.6 Å². The summed E-state index contributed by atoms with van der Waals surface area (Å²) < 4.78 is 0. The predicted molar refractivity (Wildman–Crippen MR) is 75.8 cm³/mol. The van der Waals surface area contributed by atoms with Crippen LogP contribution in [0.2, 0.25) is 5.02 Å². The molecule has 98 valence electrons. The Morgan fingerprint density at radius 3 is 2.83 bits per heavy atom. The highest BCUT2D eigenvalue weighted by Gasteiger charge is 2.10. The van der Waals surface area contributed by atoms with E-state index in [-0.39, 0.29) is 23.7 Å². The lowest BCUT2D eigenvalue weighted by Gasteiger charge is -2.16. The van der Waals surface area contributed by atoms with Crippen LogP contribution in [-0.2, 0) is 0 Å². The van der Waals surface area contributed by atoms with Gasteiger partial charge in [0.2, 0.25) is 0 Å². The Bertz CT molecular complexity index is 436. The Balaban J connectivity index is 2.57. The maximum Gasteiger partial charge on any atom is 0.257 e. The van der Waals surface area contributed by atoms with Crippen molar-refractivity contribution >= 4 is 34.8 Å². The standard InChI is InChI=1S/C12H15ClN2O2S/c1-2-10(7-16)14-12(18)15-11(17)8-4-3-5-9(13)6-8/h3-6,10,16H,2,7H2,1H3,(H2,14,15,17,18). The van der Waals surface area contributed by atoms with E-state index in [1.807, 2.05) is 6.92 Å². The number of hydrogen-bond acceptors (Lipinski definition) is 3. The Labute approximate surface area is 116 Å². The van der Waals surface area contributed by atoms with Crippen molar-refractivity contribution in [2.45, 2.75) is 19.4 Å². The molecule has 0 spiro atoms. The third-order valence-corrected chi connectivity index (χ3v) is 2.82. The number of nitrogens with one attached hydrogen (secondary N) is 2. The topological polar surface area (TPSA) is 61.4 Å². The number of amides is 1. The minimum Gasteiger partial charge on any atom is -0.394 e. The van der Waals surface area contributed by atoms with E-state index in [2.05, 4.69) is 10.6 Å².